The van der Waals surface area contributed by atoms with Gasteiger partial charge in [-0.2, -0.15) is 0 Å². The van der Waals surface area contributed by atoms with E-state index in [9.17, 15) is 14.4 Å². The van der Waals surface area contributed by atoms with Gasteiger partial charge >= 0.3 is 12.0 Å². The number of primary amides is 1. The van der Waals surface area contributed by atoms with E-state index in [-0.39, 0.29) is 6.54 Å². The molecule has 0 saturated heterocycles. The van der Waals surface area contributed by atoms with E-state index in [1.165, 1.54) is 12.8 Å². The van der Waals surface area contributed by atoms with E-state index < -0.39 is 30.4 Å². The van der Waals surface area contributed by atoms with Crippen LogP contribution in [-0.2, 0) is 14.3 Å². The molecule has 5 N–H and O–H groups in total. The third kappa shape index (κ3) is 7.24. The number of nitrogens with two attached hydrogens (primary N) is 1. The number of carboxylic acid groups (broad SMARTS) is 1. The summed E-state index contributed by atoms with van der Waals surface area (Å²) < 4.78 is 5.29. The first kappa shape index (κ1) is 15.2. The molecule has 1 fully saturated rings. The normalized spacial score (nSPS) is 15.6. The molecule has 0 radical (unpaired) electrons. The molecule has 1 aliphatic carbocycles. The van der Waals surface area contributed by atoms with Crippen molar-refractivity contribution in [3.8, 4) is 0 Å². The van der Waals surface area contributed by atoms with Gasteiger partial charge in [-0.3, -0.25) is 4.79 Å². The number of aliphatic carboxylic acids is 1. The summed E-state index contributed by atoms with van der Waals surface area (Å²) >= 11 is 0. The molecule has 1 saturated carbocycles. The van der Waals surface area contributed by atoms with Crippen LogP contribution in [0.3, 0.4) is 0 Å². The van der Waals surface area contributed by atoms with Gasteiger partial charge in [0.15, 0.2) is 0 Å². The number of amides is 3. The van der Waals surface area contributed by atoms with Crippen molar-refractivity contribution in [2.24, 2.45) is 11.7 Å². The number of ether oxygens (including phenoxy) is 1. The summed E-state index contributed by atoms with van der Waals surface area (Å²) in [7, 11) is 0. The Balaban J connectivity index is 2.12. The summed E-state index contributed by atoms with van der Waals surface area (Å²) in [6.45, 7) is 1.35. The van der Waals surface area contributed by atoms with Crippen molar-refractivity contribution in [3.63, 3.8) is 0 Å². The largest absolute Gasteiger partial charge is 0.480 e. The van der Waals surface area contributed by atoms with E-state index in [0.717, 1.165) is 0 Å². The Morgan fingerprint density at radius 1 is 1.37 bits per heavy atom. The minimum absolute atomic E-state index is 0.279. The van der Waals surface area contributed by atoms with E-state index in [1.807, 2.05) is 0 Å². The van der Waals surface area contributed by atoms with Crippen molar-refractivity contribution in [1.29, 1.82) is 0 Å². The van der Waals surface area contributed by atoms with Crippen LogP contribution >= 0.6 is 0 Å². The molecule has 3 amide bonds. The van der Waals surface area contributed by atoms with Crippen LogP contribution in [0.25, 0.3) is 0 Å². The van der Waals surface area contributed by atoms with Crippen molar-refractivity contribution < 1.29 is 24.2 Å². The molecule has 0 unspecified atom stereocenters. The number of carbonyl (C=O) groups excluding carboxylic acids is 2. The highest BCUT2D eigenvalue weighted by Gasteiger charge is 2.22. The number of carboxylic acids is 1. The van der Waals surface area contributed by atoms with Gasteiger partial charge in [0.2, 0.25) is 5.91 Å². The fourth-order valence-electron chi connectivity index (χ4n) is 1.38. The van der Waals surface area contributed by atoms with Crippen molar-refractivity contribution in [2.75, 3.05) is 19.8 Å². The number of nitrogens with one attached hydrogen (secondary N) is 2. The van der Waals surface area contributed by atoms with Gasteiger partial charge in [0, 0.05) is 13.2 Å². The highest BCUT2D eigenvalue weighted by molar-refractivity contribution is 5.87. The van der Waals surface area contributed by atoms with Gasteiger partial charge in [0.25, 0.3) is 0 Å². The van der Waals surface area contributed by atoms with Crippen LogP contribution in [-0.4, -0.2) is 48.8 Å². The lowest BCUT2D eigenvalue weighted by Crippen LogP contribution is -2.48. The van der Waals surface area contributed by atoms with E-state index in [0.29, 0.717) is 19.1 Å². The second-order valence-corrected chi connectivity index (χ2v) is 4.48. The molecule has 108 valence electrons. The lowest BCUT2D eigenvalue weighted by atomic mass is 10.2. The Morgan fingerprint density at radius 3 is 2.58 bits per heavy atom. The lowest BCUT2D eigenvalue weighted by Gasteiger charge is -2.13. The van der Waals surface area contributed by atoms with Crippen molar-refractivity contribution >= 4 is 17.9 Å². The monoisotopic (exact) mass is 273 g/mol. The molecule has 0 spiro atoms. The van der Waals surface area contributed by atoms with Gasteiger partial charge in [-0.25, -0.2) is 9.59 Å². The molecule has 8 nitrogen and oxygen atoms in total. The maximum atomic E-state index is 11.4. The fraction of sp³-hybridized carbons (Fsp3) is 0.727. The molecule has 1 atom stereocenters. The minimum atomic E-state index is -1.31. The quantitative estimate of drug-likeness (QED) is 0.402. The third-order valence-corrected chi connectivity index (χ3v) is 2.59. The zero-order chi connectivity index (χ0) is 14.3. The summed E-state index contributed by atoms with van der Waals surface area (Å²) in [5.41, 5.74) is 4.89. The van der Waals surface area contributed by atoms with Crippen LogP contribution < -0.4 is 16.4 Å². The van der Waals surface area contributed by atoms with Gasteiger partial charge in [-0.1, -0.05) is 0 Å². The molecule has 0 bridgehead atoms. The first-order valence-electron chi connectivity index (χ1n) is 6.12. The molecule has 1 aliphatic rings. The summed E-state index contributed by atoms with van der Waals surface area (Å²) in [6, 6.07) is -1.98. The molecule has 19 heavy (non-hydrogen) atoms. The van der Waals surface area contributed by atoms with Crippen LogP contribution in [0.4, 0.5) is 4.79 Å². The van der Waals surface area contributed by atoms with Crippen LogP contribution in [0.5, 0.6) is 0 Å². The second kappa shape index (κ2) is 7.57. The molecule has 0 aliphatic heterocycles. The second-order valence-electron chi connectivity index (χ2n) is 4.48. The Morgan fingerprint density at radius 2 is 2.05 bits per heavy atom. The zero-order valence-corrected chi connectivity index (χ0v) is 10.6. The summed E-state index contributed by atoms with van der Waals surface area (Å²) in [5, 5.41) is 13.4. The first-order chi connectivity index (χ1) is 8.99. The molecule has 0 heterocycles. The number of carbonyl (C=O) groups is 3. The average molecular weight is 273 g/mol. The van der Waals surface area contributed by atoms with E-state index >= 15 is 0 Å². The highest BCUT2D eigenvalue weighted by atomic mass is 16.5. The van der Waals surface area contributed by atoms with Gasteiger partial charge < -0.3 is 26.2 Å². The molecule has 0 aromatic carbocycles. The van der Waals surface area contributed by atoms with Crippen molar-refractivity contribution in [3.05, 3.63) is 0 Å². The maximum Gasteiger partial charge on any atom is 0.326 e. The number of rotatable bonds is 9. The predicted molar refractivity (Wildman–Crippen MR) is 65.3 cm³/mol. The van der Waals surface area contributed by atoms with Crippen LogP contribution in [0, 0.1) is 5.92 Å². The van der Waals surface area contributed by atoms with Gasteiger partial charge in [-0.15, -0.1) is 0 Å². The minimum Gasteiger partial charge on any atom is -0.480 e. The summed E-state index contributed by atoms with van der Waals surface area (Å²) in [6.07, 6.45) is 1.95. The molecule has 0 aromatic heterocycles. The smallest absolute Gasteiger partial charge is 0.326 e. The van der Waals surface area contributed by atoms with Crippen LogP contribution in [0.15, 0.2) is 0 Å². The Hall–Kier alpha value is -1.83. The van der Waals surface area contributed by atoms with Crippen molar-refractivity contribution in [1.82, 2.24) is 10.6 Å². The number of hydrogen-bond acceptors (Lipinski definition) is 4. The topological polar surface area (TPSA) is 131 Å². The fourth-order valence-corrected chi connectivity index (χ4v) is 1.38. The summed E-state index contributed by atoms with van der Waals surface area (Å²) in [5.74, 6) is -1.44. The Kier molecular flexibility index (Phi) is 6.07. The summed E-state index contributed by atoms with van der Waals surface area (Å²) in [4.78, 5) is 32.7. The SMILES string of the molecule is NC(=O)C[C@@H](NC(=O)NCCOCC1CC1)C(=O)O. The van der Waals surface area contributed by atoms with E-state index in [1.54, 1.807) is 0 Å². The van der Waals surface area contributed by atoms with Crippen LogP contribution in [0.1, 0.15) is 19.3 Å². The number of urea groups is 1. The predicted octanol–water partition coefficient (Wildman–Crippen LogP) is -0.959. The molecular formula is C11H19N3O5. The van der Waals surface area contributed by atoms with Gasteiger partial charge in [0.1, 0.15) is 6.04 Å². The molecular weight excluding hydrogens is 254 g/mol. The standard InChI is InChI=1S/C11H19N3O5/c12-9(15)5-8(10(16)17)14-11(18)13-3-4-19-6-7-1-2-7/h7-8H,1-6H2,(H2,12,15)(H,16,17)(H2,13,14,18)/t8-/m1/s1. The highest BCUT2D eigenvalue weighted by Crippen LogP contribution is 2.28. The Labute approximate surface area is 110 Å². The third-order valence-electron chi connectivity index (χ3n) is 2.59. The van der Waals surface area contributed by atoms with E-state index in [4.69, 9.17) is 15.6 Å². The lowest BCUT2D eigenvalue weighted by molar-refractivity contribution is -0.140. The number of hydrogen-bond donors (Lipinski definition) is 4. The molecule has 8 heteroatoms. The first-order valence-corrected chi connectivity index (χ1v) is 6.12. The Bertz CT molecular complexity index is 343. The van der Waals surface area contributed by atoms with Crippen molar-refractivity contribution in [2.45, 2.75) is 25.3 Å². The van der Waals surface area contributed by atoms with Gasteiger partial charge in [-0.05, 0) is 18.8 Å². The van der Waals surface area contributed by atoms with Crippen LogP contribution in [0.2, 0.25) is 0 Å². The average Bonchev–Trinajstić information content (AvgIpc) is 3.11. The zero-order valence-electron chi connectivity index (χ0n) is 10.6. The molecule has 1 rings (SSSR count). The molecule has 0 aromatic rings. The van der Waals surface area contributed by atoms with Gasteiger partial charge in [0.05, 0.1) is 13.0 Å². The maximum absolute atomic E-state index is 11.4. The van der Waals surface area contributed by atoms with E-state index in [2.05, 4.69) is 10.6 Å².